The molecule has 1 aliphatic heterocycles. The first-order valence-corrected chi connectivity index (χ1v) is 20.2. The van der Waals surface area contributed by atoms with Crippen LogP contribution in [0.1, 0.15) is 22.6 Å². The summed E-state index contributed by atoms with van der Waals surface area (Å²) in [6, 6.07) is 58.0. The fraction of sp³-hybridized carbons (Fsp3) is 0.0204. The van der Waals surface area contributed by atoms with Crippen molar-refractivity contribution in [2.75, 3.05) is 4.90 Å². The van der Waals surface area contributed by atoms with E-state index in [4.69, 9.17) is 6.58 Å². The van der Waals surface area contributed by atoms with Crippen LogP contribution in [0.5, 0.6) is 0 Å². The second-order valence-electron chi connectivity index (χ2n) is 14.5. The lowest BCUT2D eigenvalue weighted by atomic mass is 9.50. The van der Waals surface area contributed by atoms with E-state index in [0.717, 1.165) is 24.3 Å². The molecule has 1 atom stereocenters. The minimum atomic E-state index is 0.0350. The highest BCUT2D eigenvalue weighted by atomic mass is 32.1. The highest BCUT2D eigenvalue weighted by Crippen LogP contribution is 2.55. The molecule has 0 fully saturated rings. The van der Waals surface area contributed by atoms with Gasteiger partial charge in [0.2, 0.25) is 0 Å². The van der Waals surface area contributed by atoms with Crippen LogP contribution in [0.4, 0.5) is 17.1 Å². The first-order valence-electron chi connectivity index (χ1n) is 18.5. The van der Waals surface area contributed by atoms with Gasteiger partial charge in [0, 0.05) is 64.5 Å². The van der Waals surface area contributed by atoms with E-state index in [0.29, 0.717) is 0 Å². The summed E-state index contributed by atoms with van der Waals surface area (Å²) in [5, 5.41) is 3.87. The van der Waals surface area contributed by atoms with Crippen molar-refractivity contribution in [3.63, 3.8) is 0 Å². The summed E-state index contributed by atoms with van der Waals surface area (Å²) in [5.41, 5.74) is 17.8. The van der Waals surface area contributed by atoms with E-state index < -0.39 is 0 Å². The maximum Gasteiger partial charge on any atom is 0.193 e. The number of rotatable bonds is 4. The third-order valence-corrected chi connectivity index (χ3v) is 14.1. The molecule has 1 unspecified atom stereocenters. The Balaban J connectivity index is 1.18. The van der Waals surface area contributed by atoms with Crippen LogP contribution in [0, 0.1) is 0 Å². The van der Waals surface area contributed by atoms with E-state index in [1.165, 1.54) is 96.0 Å². The third kappa shape index (κ3) is 4.22. The van der Waals surface area contributed by atoms with E-state index in [1.807, 2.05) is 22.7 Å². The number of allylic oxidation sites excluding steroid dienone is 1. The van der Waals surface area contributed by atoms with Crippen molar-refractivity contribution in [1.29, 1.82) is 0 Å². The number of aromatic nitrogens is 1. The number of benzene rings is 7. The van der Waals surface area contributed by atoms with Crippen LogP contribution in [0.15, 0.2) is 164 Å². The minimum absolute atomic E-state index is 0.0350. The SMILES string of the molecule is C=C1c2c(sc3ccccc23)-c2cccc3c2C1c1cc(N(c2ccccc2)c2ccccc2)cc(-c2cccc4c2[nH]c2c5ccccc5sc42)c1B3. The van der Waals surface area contributed by atoms with Crippen LogP contribution in [0.2, 0.25) is 0 Å². The molecule has 0 radical (unpaired) electrons. The average Bonchev–Trinajstić information content (AvgIpc) is 3.91. The van der Waals surface area contributed by atoms with Gasteiger partial charge in [-0.2, -0.15) is 0 Å². The molecule has 12 rings (SSSR count). The lowest BCUT2D eigenvalue weighted by molar-refractivity contribution is 1.05. The highest BCUT2D eigenvalue weighted by molar-refractivity contribution is 7.26. The van der Waals surface area contributed by atoms with Crippen LogP contribution in [-0.4, -0.2) is 12.3 Å². The molecule has 7 aromatic carbocycles. The number of hydrogen-bond acceptors (Lipinski definition) is 3. The molecular formula is C49H31BN2S2. The standard InChI is InChI=1S/C49H31BN2S2/c1-28-42-38-27-31(52(29-14-4-2-5-15-29)30-16-6-3-7-17-30)26-37(32-20-12-22-36-46(32)51-47-34-19-9-11-25-41(34)54-49(36)47)45(38)50-39-23-13-21-35(44(39)42)48-43(28)33-18-8-10-24-40(33)53-48/h2-27,42,50-51H,1H2. The highest BCUT2D eigenvalue weighted by Gasteiger charge is 2.39. The van der Waals surface area contributed by atoms with Crippen LogP contribution >= 0.6 is 22.7 Å². The maximum atomic E-state index is 4.99. The van der Waals surface area contributed by atoms with E-state index >= 15 is 0 Å². The van der Waals surface area contributed by atoms with Crippen LogP contribution in [0.3, 0.4) is 0 Å². The molecule has 0 saturated heterocycles. The van der Waals surface area contributed by atoms with Crippen LogP contribution in [0.25, 0.3) is 68.4 Å². The van der Waals surface area contributed by atoms with E-state index in [2.05, 4.69) is 168 Å². The molecule has 0 amide bonds. The Morgan fingerprint density at radius 2 is 1.20 bits per heavy atom. The van der Waals surface area contributed by atoms with Gasteiger partial charge in [-0.3, -0.25) is 0 Å². The molecule has 0 spiro atoms. The third-order valence-electron chi connectivity index (χ3n) is 11.7. The van der Waals surface area contributed by atoms with Crippen LogP contribution in [-0.2, 0) is 0 Å². The summed E-state index contributed by atoms with van der Waals surface area (Å²) in [4.78, 5) is 7.74. The molecule has 3 aromatic heterocycles. The Bertz CT molecular complexity index is 3130. The predicted molar refractivity (Wildman–Crippen MR) is 236 cm³/mol. The zero-order valence-electron chi connectivity index (χ0n) is 29.3. The molecule has 0 bridgehead atoms. The normalized spacial score (nSPS) is 14.3. The number of anilines is 3. The van der Waals surface area contributed by atoms with Gasteiger partial charge >= 0.3 is 0 Å². The summed E-state index contributed by atoms with van der Waals surface area (Å²) in [7, 11) is 0.864. The Hall–Kier alpha value is -6.14. The van der Waals surface area contributed by atoms with Crippen molar-refractivity contribution in [1.82, 2.24) is 4.98 Å². The van der Waals surface area contributed by atoms with Gasteiger partial charge in [-0.05, 0) is 76.4 Å². The number of hydrogen-bond donors (Lipinski definition) is 1. The van der Waals surface area contributed by atoms with Gasteiger partial charge in [0.1, 0.15) is 0 Å². The summed E-state index contributed by atoms with van der Waals surface area (Å²) >= 11 is 3.79. The van der Waals surface area contributed by atoms with Crippen molar-refractivity contribution >= 4 is 105 Å². The number of aromatic amines is 1. The lowest BCUT2D eigenvalue weighted by Gasteiger charge is -2.38. The van der Waals surface area contributed by atoms with Gasteiger partial charge < -0.3 is 9.88 Å². The van der Waals surface area contributed by atoms with Crippen molar-refractivity contribution in [2.24, 2.45) is 0 Å². The Labute approximate surface area is 321 Å². The molecule has 2 aliphatic rings. The molecule has 0 saturated carbocycles. The fourth-order valence-corrected chi connectivity index (χ4v) is 11.9. The number of nitrogens with one attached hydrogen (secondary N) is 1. The van der Waals surface area contributed by atoms with Gasteiger partial charge in [-0.25, -0.2) is 0 Å². The van der Waals surface area contributed by atoms with Gasteiger partial charge in [-0.15, -0.1) is 22.7 Å². The van der Waals surface area contributed by atoms with Crippen molar-refractivity contribution in [3.05, 3.63) is 181 Å². The van der Waals surface area contributed by atoms with E-state index in [9.17, 15) is 0 Å². The quantitative estimate of drug-likeness (QED) is 0.179. The molecular weight excluding hydrogens is 691 g/mol. The number of fused-ring (bicyclic) bond motifs is 11. The zero-order chi connectivity index (χ0) is 35.5. The fourth-order valence-electron chi connectivity index (χ4n) is 9.40. The first-order chi connectivity index (χ1) is 26.7. The maximum absolute atomic E-state index is 4.99. The molecule has 1 aliphatic carbocycles. The second-order valence-corrected chi connectivity index (χ2v) is 16.6. The van der Waals surface area contributed by atoms with Crippen molar-refractivity contribution < 1.29 is 0 Å². The molecule has 5 heteroatoms. The van der Waals surface area contributed by atoms with Crippen LogP contribution < -0.4 is 15.8 Å². The Morgan fingerprint density at radius 1 is 0.556 bits per heavy atom. The van der Waals surface area contributed by atoms with E-state index in [1.54, 1.807) is 0 Å². The number of H-pyrrole nitrogens is 1. The topological polar surface area (TPSA) is 19.0 Å². The molecule has 2 nitrogen and oxygen atoms in total. The predicted octanol–water partition coefficient (Wildman–Crippen LogP) is 12.4. The first kappa shape index (κ1) is 30.3. The molecule has 1 N–H and O–H groups in total. The second kappa shape index (κ2) is 11.4. The average molecular weight is 723 g/mol. The summed E-state index contributed by atoms with van der Waals surface area (Å²) < 4.78 is 3.95. The molecule has 4 heterocycles. The van der Waals surface area contributed by atoms with Gasteiger partial charge in [0.05, 0.1) is 15.7 Å². The Kier molecular flexibility index (Phi) is 6.42. The smallest absolute Gasteiger partial charge is 0.193 e. The molecule has 252 valence electrons. The Morgan fingerprint density at radius 3 is 1.98 bits per heavy atom. The summed E-state index contributed by atoms with van der Waals surface area (Å²) in [6.45, 7) is 4.99. The monoisotopic (exact) mass is 722 g/mol. The van der Waals surface area contributed by atoms with Gasteiger partial charge in [-0.1, -0.05) is 127 Å². The largest absolute Gasteiger partial charge is 0.353 e. The molecule has 10 aromatic rings. The molecule has 54 heavy (non-hydrogen) atoms. The van der Waals surface area contributed by atoms with E-state index in [-0.39, 0.29) is 5.92 Å². The van der Waals surface area contributed by atoms with Crippen molar-refractivity contribution in [3.8, 4) is 21.6 Å². The van der Waals surface area contributed by atoms with Crippen molar-refractivity contribution in [2.45, 2.75) is 5.92 Å². The number of nitrogens with zero attached hydrogens (tertiary/aromatic N) is 1. The van der Waals surface area contributed by atoms with Gasteiger partial charge in [0.25, 0.3) is 0 Å². The summed E-state index contributed by atoms with van der Waals surface area (Å²) in [5.74, 6) is 0.0350. The minimum Gasteiger partial charge on any atom is -0.353 e. The number of para-hydroxylation sites is 3. The zero-order valence-corrected chi connectivity index (χ0v) is 30.9. The van der Waals surface area contributed by atoms with Gasteiger partial charge in [0.15, 0.2) is 7.28 Å². The lowest BCUT2D eigenvalue weighted by Crippen LogP contribution is -2.42. The number of thiophene rings is 2. The summed E-state index contributed by atoms with van der Waals surface area (Å²) in [6.07, 6.45) is 0.